The summed E-state index contributed by atoms with van der Waals surface area (Å²) in [5.41, 5.74) is 1.88. The van der Waals surface area contributed by atoms with Gasteiger partial charge in [-0.25, -0.2) is 4.39 Å². The predicted molar refractivity (Wildman–Crippen MR) is 74.5 cm³/mol. The first-order valence-electron chi connectivity index (χ1n) is 6.82. The smallest absolute Gasteiger partial charge is 0.125 e. The zero-order valence-electron chi connectivity index (χ0n) is 11.5. The molecule has 0 aromatic heterocycles. The molecule has 0 amide bonds. The summed E-state index contributed by atoms with van der Waals surface area (Å²) in [7, 11) is 0. The highest BCUT2D eigenvalue weighted by Crippen LogP contribution is 2.19. The van der Waals surface area contributed by atoms with Gasteiger partial charge in [0.1, 0.15) is 5.82 Å². The second-order valence-electron chi connectivity index (χ2n) is 5.57. The second kappa shape index (κ2) is 5.70. The molecule has 0 unspecified atom stereocenters. The number of nitrogens with one attached hydrogen (secondary N) is 1. The first-order chi connectivity index (χ1) is 8.54. The normalized spacial score (nSPS) is 18.3. The van der Waals surface area contributed by atoms with Crippen LogP contribution >= 0.6 is 0 Å². The van der Waals surface area contributed by atoms with E-state index in [1.165, 1.54) is 0 Å². The van der Waals surface area contributed by atoms with E-state index < -0.39 is 0 Å². The summed E-state index contributed by atoms with van der Waals surface area (Å²) in [6, 6.07) is 6.26. The molecule has 1 N–H and O–H groups in total. The number of hydrogen-bond acceptors (Lipinski definition) is 2. The molecular weight excluding hydrogens is 227 g/mol. The summed E-state index contributed by atoms with van der Waals surface area (Å²) < 4.78 is 13.3. The maximum atomic E-state index is 13.3. The van der Waals surface area contributed by atoms with Gasteiger partial charge in [-0.15, -0.1) is 0 Å². The predicted octanol–water partition coefficient (Wildman–Crippen LogP) is 3.42. The lowest BCUT2D eigenvalue weighted by atomic mass is 10.0. The highest BCUT2D eigenvalue weighted by atomic mass is 19.1. The van der Waals surface area contributed by atoms with E-state index in [9.17, 15) is 4.39 Å². The number of benzene rings is 1. The van der Waals surface area contributed by atoms with Crippen molar-refractivity contribution < 1.29 is 4.39 Å². The van der Waals surface area contributed by atoms with E-state index in [4.69, 9.17) is 0 Å². The fourth-order valence-electron chi connectivity index (χ4n) is 2.62. The molecule has 0 radical (unpaired) electrons. The highest BCUT2D eigenvalue weighted by Gasteiger charge is 2.20. The molecular formula is C15H23FN2. The molecule has 1 fully saturated rings. The lowest BCUT2D eigenvalue weighted by Gasteiger charge is -2.35. The van der Waals surface area contributed by atoms with E-state index in [2.05, 4.69) is 24.1 Å². The Hall–Kier alpha value is -1.09. The molecule has 0 saturated carbocycles. The molecule has 1 aromatic carbocycles. The van der Waals surface area contributed by atoms with E-state index in [1.807, 2.05) is 13.0 Å². The number of hydrogen-bond donors (Lipinski definition) is 1. The van der Waals surface area contributed by atoms with E-state index >= 15 is 0 Å². The van der Waals surface area contributed by atoms with Crippen LogP contribution in [0.1, 0.15) is 32.3 Å². The number of anilines is 1. The van der Waals surface area contributed by atoms with Crippen molar-refractivity contribution in [2.24, 2.45) is 0 Å². The molecule has 0 atom stereocenters. The van der Waals surface area contributed by atoms with Crippen LogP contribution in [0.3, 0.4) is 0 Å². The molecule has 0 aliphatic carbocycles. The molecule has 2 rings (SSSR count). The number of rotatable bonds is 3. The molecule has 18 heavy (non-hydrogen) atoms. The van der Waals surface area contributed by atoms with Gasteiger partial charge >= 0.3 is 0 Å². The third kappa shape index (κ3) is 3.45. The molecule has 100 valence electrons. The lowest BCUT2D eigenvalue weighted by molar-refractivity contribution is 0.177. The van der Waals surface area contributed by atoms with Gasteiger partial charge in [0.25, 0.3) is 0 Å². The Morgan fingerprint density at radius 1 is 1.22 bits per heavy atom. The van der Waals surface area contributed by atoms with Crippen molar-refractivity contribution in [3.63, 3.8) is 0 Å². The minimum Gasteiger partial charge on any atom is -0.382 e. The number of halogens is 1. The SMILES string of the molecule is Cc1cc(F)cc(NC2CCN(C(C)C)CC2)c1. The molecule has 1 aliphatic heterocycles. The Labute approximate surface area is 109 Å². The van der Waals surface area contributed by atoms with Gasteiger partial charge in [-0.1, -0.05) is 0 Å². The fourth-order valence-corrected chi connectivity index (χ4v) is 2.62. The zero-order chi connectivity index (χ0) is 13.1. The van der Waals surface area contributed by atoms with Gasteiger partial charge in [-0.3, -0.25) is 0 Å². The van der Waals surface area contributed by atoms with E-state index in [-0.39, 0.29) is 5.82 Å². The maximum Gasteiger partial charge on any atom is 0.125 e. The first kappa shape index (κ1) is 13.3. The summed E-state index contributed by atoms with van der Waals surface area (Å²) in [5, 5.41) is 3.46. The molecule has 0 bridgehead atoms. The molecule has 0 spiro atoms. The summed E-state index contributed by atoms with van der Waals surface area (Å²) in [6.07, 6.45) is 2.27. The Bertz CT molecular complexity index is 375. The van der Waals surface area contributed by atoms with Gasteiger partial charge in [-0.05, 0) is 57.4 Å². The first-order valence-corrected chi connectivity index (χ1v) is 6.82. The Balaban J connectivity index is 1.91. The minimum absolute atomic E-state index is 0.155. The topological polar surface area (TPSA) is 15.3 Å². The quantitative estimate of drug-likeness (QED) is 0.884. The Kier molecular flexibility index (Phi) is 4.23. The van der Waals surface area contributed by atoms with Gasteiger partial charge in [0.15, 0.2) is 0 Å². The third-order valence-electron chi connectivity index (χ3n) is 3.67. The lowest BCUT2D eigenvalue weighted by Crippen LogP contribution is -2.42. The van der Waals surface area contributed by atoms with Gasteiger partial charge < -0.3 is 10.2 Å². The van der Waals surface area contributed by atoms with Crippen molar-refractivity contribution in [3.8, 4) is 0 Å². The van der Waals surface area contributed by atoms with Gasteiger partial charge in [-0.2, -0.15) is 0 Å². The zero-order valence-corrected chi connectivity index (χ0v) is 11.5. The standard InChI is InChI=1S/C15H23FN2/c1-11(2)18-6-4-14(5-7-18)17-15-9-12(3)8-13(16)10-15/h8-11,14,17H,4-7H2,1-3H3. The van der Waals surface area contributed by atoms with Crippen molar-refractivity contribution in [2.45, 2.75) is 45.7 Å². The molecule has 1 saturated heterocycles. The highest BCUT2D eigenvalue weighted by molar-refractivity contribution is 5.46. The second-order valence-corrected chi connectivity index (χ2v) is 5.57. The summed E-state index contributed by atoms with van der Waals surface area (Å²) in [4.78, 5) is 2.50. The molecule has 1 aromatic rings. The van der Waals surface area contributed by atoms with E-state index in [0.717, 1.165) is 37.2 Å². The molecule has 3 heteroatoms. The summed E-state index contributed by atoms with van der Waals surface area (Å²) >= 11 is 0. The van der Waals surface area contributed by atoms with Crippen LogP contribution in [0.5, 0.6) is 0 Å². The van der Waals surface area contributed by atoms with Gasteiger partial charge in [0.05, 0.1) is 0 Å². The third-order valence-corrected chi connectivity index (χ3v) is 3.67. The number of aryl methyl sites for hydroxylation is 1. The summed E-state index contributed by atoms with van der Waals surface area (Å²) in [6.45, 7) is 8.66. The van der Waals surface area contributed by atoms with Crippen LogP contribution in [-0.2, 0) is 0 Å². The number of piperidine rings is 1. The van der Waals surface area contributed by atoms with Crippen LogP contribution in [0.2, 0.25) is 0 Å². The van der Waals surface area contributed by atoms with Gasteiger partial charge in [0, 0.05) is 30.9 Å². The van der Waals surface area contributed by atoms with E-state index in [0.29, 0.717) is 12.1 Å². The van der Waals surface area contributed by atoms with Crippen molar-refractivity contribution in [2.75, 3.05) is 18.4 Å². The van der Waals surface area contributed by atoms with Crippen LogP contribution in [-0.4, -0.2) is 30.1 Å². The largest absolute Gasteiger partial charge is 0.382 e. The van der Waals surface area contributed by atoms with Crippen LogP contribution in [0.15, 0.2) is 18.2 Å². The summed E-state index contributed by atoms with van der Waals surface area (Å²) in [5.74, 6) is -0.155. The van der Waals surface area contributed by atoms with Crippen molar-refractivity contribution in [1.29, 1.82) is 0 Å². The maximum absolute atomic E-state index is 13.3. The molecule has 2 nitrogen and oxygen atoms in total. The Morgan fingerprint density at radius 2 is 1.89 bits per heavy atom. The van der Waals surface area contributed by atoms with Crippen LogP contribution in [0.4, 0.5) is 10.1 Å². The average molecular weight is 250 g/mol. The molecule has 1 heterocycles. The fraction of sp³-hybridized carbons (Fsp3) is 0.600. The van der Waals surface area contributed by atoms with Crippen LogP contribution in [0.25, 0.3) is 0 Å². The Morgan fingerprint density at radius 3 is 2.44 bits per heavy atom. The van der Waals surface area contributed by atoms with Crippen molar-refractivity contribution in [1.82, 2.24) is 4.90 Å². The minimum atomic E-state index is -0.155. The molecule has 1 aliphatic rings. The van der Waals surface area contributed by atoms with Gasteiger partial charge in [0.2, 0.25) is 0 Å². The van der Waals surface area contributed by atoms with Crippen molar-refractivity contribution >= 4 is 5.69 Å². The van der Waals surface area contributed by atoms with Crippen LogP contribution in [0, 0.1) is 12.7 Å². The number of likely N-dealkylation sites (tertiary alicyclic amines) is 1. The van der Waals surface area contributed by atoms with E-state index in [1.54, 1.807) is 12.1 Å². The average Bonchev–Trinajstić information content (AvgIpc) is 2.28. The van der Waals surface area contributed by atoms with Crippen molar-refractivity contribution in [3.05, 3.63) is 29.6 Å². The van der Waals surface area contributed by atoms with Crippen LogP contribution < -0.4 is 5.32 Å². The monoisotopic (exact) mass is 250 g/mol. The number of nitrogens with zero attached hydrogens (tertiary/aromatic N) is 1.